The monoisotopic (exact) mass is 294 g/mol. The Morgan fingerprint density at radius 3 is 2.70 bits per heavy atom. The Kier molecular flexibility index (Phi) is 4.01. The Labute approximate surface area is 124 Å². The van der Waals surface area contributed by atoms with Crippen molar-refractivity contribution in [2.45, 2.75) is 44.3 Å². The molecule has 0 spiro atoms. The molecule has 20 heavy (non-hydrogen) atoms. The molecule has 0 bridgehead atoms. The SMILES string of the molecule is CC1CC(C)CN(C(=O)CSc2nncn2C2CC2)C1. The molecule has 6 heteroatoms. The molecule has 1 amide bonds. The maximum Gasteiger partial charge on any atom is 0.233 e. The van der Waals surface area contributed by atoms with E-state index in [1.54, 1.807) is 6.33 Å². The summed E-state index contributed by atoms with van der Waals surface area (Å²) in [4.78, 5) is 14.3. The fraction of sp³-hybridized carbons (Fsp3) is 0.786. The number of thioether (sulfide) groups is 1. The normalized spacial score (nSPS) is 26.8. The second-order valence-electron chi connectivity index (χ2n) is 6.29. The van der Waals surface area contributed by atoms with E-state index >= 15 is 0 Å². The standard InChI is InChI=1S/C14H22N4OS/c1-10-5-11(2)7-17(6-10)13(19)8-20-14-16-15-9-18(14)12-3-4-12/h9-12H,3-8H2,1-2H3. The number of amides is 1. The van der Waals surface area contributed by atoms with E-state index in [0.717, 1.165) is 18.2 Å². The first kappa shape index (κ1) is 13.9. The average Bonchev–Trinajstić information content (AvgIpc) is 3.14. The highest BCUT2D eigenvalue weighted by molar-refractivity contribution is 7.99. The van der Waals surface area contributed by atoms with Crippen molar-refractivity contribution in [2.24, 2.45) is 11.8 Å². The molecule has 0 aromatic carbocycles. The molecular weight excluding hydrogens is 272 g/mol. The predicted molar refractivity (Wildman–Crippen MR) is 78.5 cm³/mol. The fourth-order valence-electron chi connectivity index (χ4n) is 3.02. The topological polar surface area (TPSA) is 51.0 Å². The van der Waals surface area contributed by atoms with Crippen molar-refractivity contribution < 1.29 is 4.79 Å². The summed E-state index contributed by atoms with van der Waals surface area (Å²) in [6.07, 6.45) is 5.43. The van der Waals surface area contributed by atoms with Crippen molar-refractivity contribution in [2.75, 3.05) is 18.8 Å². The van der Waals surface area contributed by atoms with Crippen LogP contribution in [0.1, 0.15) is 39.2 Å². The summed E-state index contributed by atoms with van der Waals surface area (Å²) in [6, 6.07) is 0.567. The molecule has 1 aromatic rings. The lowest BCUT2D eigenvalue weighted by molar-refractivity contribution is -0.130. The van der Waals surface area contributed by atoms with Gasteiger partial charge in [0.15, 0.2) is 5.16 Å². The molecule has 1 saturated carbocycles. The van der Waals surface area contributed by atoms with Gasteiger partial charge in [-0.05, 0) is 31.1 Å². The Hall–Kier alpha value is -1.04. The van der Waals surface area contributed by atoms with E-state index in [4.69, 9.17) is 0 Å². The number of hydrogen-bond donors (Lipinski definition) is 0. The van der Waals surface area contributed by atoms with Crippen molar-refractivity contribution in [3.63, 3.8) is 0 Å². The Balaban J connectivity index is 1.55. The summed E-state index contributed by atoms with van der Waals surface area (Å²) in [6.45, 7) is 6.26. The molecule has 2 fully saturated rings. The number of likely N-dealkylation sites (tertiary alicyclic amines) is 1. The van der Waals surface area contributed by atoms with Gasteiger partial charge in [-0.25, -0.2) is 0 Å². The highest BCUT2D eigenvalue weighted by atomic mass is 32.2. The zero-order chi connectivity index (χ0) is 14.1. The van der Waals surface area contributed by atoms with Gasteiger partial charge >= 0.3 is 0 Å². The smallest absolute Gasteiger partial charge is 0.233 e. The average molecular weight is 294 g/mol. The summed E-state index contributed by atoms with van der Waals surface area (Å²) in [5, 5.41) is 8.98. The van der Waals surface area contributed by atoms with Crippen molar-refractivity contribution in [1.29, 1.82) is 0 Å². The number of hydrogen-bond acceptors (Lipinski definition) is 4. The lowest BCUT2D eigenvalue weighted by Crippen LogP contribution is -2.43. The van der Waals surface area contributed by atoms with Gasteiger partial charge in [-0.2, -0.15) is 0 Å². The maximum absolute atomic E-state index is 12.3. The van der Waals surface area contributed by atoms with Crippen LogP contribution in [0.4, 0.5) is 0 Å². The van der Waals surface area contributed by atoms with Crippen LogP contribution >= 0.6 is 11.8 Å². The summed E-state index contributed by atoms with van der Waals surface area (Å²) in [5.41, 5.74) is 0. The van der Waals surface area contributed by atoms with Crippen LogP contribution < -0.4 is 0 Å². The molecule has 2 unspecified atom stereocenters. The van der Waals surface area contributed by atoms with Crippen LogP contribution in [0.15, 0.2) is 11.5 Å². The number of carbonyl (C=O) groups is 1. The van der Waals surface area contributed by atoms with E-state index < -0.39 is 0 Å². The third kappa shape index (κ3) is 3.16. The fourth-order valence-corrected chi connectivity index (χ4v) is 3.91. The molecule has 5 nitrogen and oxygen atoms in total. The number of piperidine rings is 1. The van der Waals surface area contributed by atoms with E-state index in [-0.39, 0.29) is 5.91 Å². The molecule has 2 aliphatic rings. The maximum atomic E-state index is 12.3. The minimum absolute atomic E-state index is 0.235. The number of aromatic nitrogens is 3. The second kappa shape index (κ2) is 5.76. The number of rotatable bonds is 4. The first-order chi connectivity index (χ1) is 9.63. The number of carbonyl (C=O) groups excluding carboxylic acids is 1. The zero-order valence-corrected chi connectivity index (χ0v) is 13.0. The van der Waals surface area contributed by atoms with Crippen LogP contribution in [-0.4, -0.2) is 44.4 Å². The van der Waals surface area contributed by atoms with Crippen LogP contribution in [0.5, 0.6) is 0 Å². The van der Waals surface area contributed by atoms with Crippen LogP contribution in [0.2, 0.25) is 0 Å². The van der Waals surface area contributed by atoms with Crippen molar-refractivity contribution in [3.8, 4) is 0 Å². The van der Waals surface area contributed by atoms with Gasteiger partial charge in [-0.1, -0.05) is 25.6 Å². The molecule has 110 valence electrons. The van der Waals surface area contributed by atoms with E-state index in [0.29, 0.717) is 23.6 Å². The van der Waals surface area contributed by atoms with E-state index in [9.17, 15) is 4.79 Å². The summed E-state index contributed by atoms with van der Waals surface area (Å²) >= 11 is 1.52. The Morgan fingerprint density at radius 1 is 1.35 bits per heavy atom. The lowest BCUT2D eigenvalue weighted by Gasteiger charge is -2.34. The molecule has 1 saturated heterocycles. The van der Waals surface area contributed by atoms with Gasteiger partial charge in [0.2, 0.25) is 5.91 Å². The zero-order valence-electron chi connectivity index (χ0n) is 12.2. The van der Waals surface area contributed by atoms with Crippen molar-refractivity contribution in [1.82, 2.24) is 19.7 Å². The van der Waals surface area contributed by atoms with Crippen LogP contribution in [0.25, 0.3) is 0 Å². The Bertz CT molecular complexity index is 475. The summed E-state index contributed by atoms with van der Waals surface area (Å²) in [7, 11) is 0. The number of nitrogens with zero attached hydrogens (tertiary/aromatic N) is 4. The molecule has 1 aliphatic carbocycles. The molecule has 0 radical (unpaired) electrons. The van der Waals surface area contributed by atoms with Gasteiger partial charge in [0.25, 0.3) is 0 Å². The van der Waals surface area contributed by atoms with Gasteiger partial charge in [-0.3, -0.25) is 4.79 Å². The molecular formula is C14H22N4OS. The summed E-state index contributed by atoms with van der Waals surface area (Å²) < 4.78 is 2.11. The van der Waals surface area contributed by atoms with Gasteiger partial charge < -0.3 is 9.47 Å². The van der Waals surface area contributed by atoms with Gasteiger partial charge in [0, 0.05) is 19.1 Å². The van der Waals surface area contributed by atoms with E-state index in [1.165, 1.54) is 31.0 Å². The molecule has 2 heterocycles. The largest absolute Gasteiger partial charge is 0.341 e. The third-order valence-electron chi connectivity index (χ3n) is 4.03. The van der Waals surface area contributed by atoms with Gasteiger partial charge in [0.05, 0.1) is 5.75 Å². The van der Waals surface area contributed by atoms with E-state index in [1.807, 2.05) is 4.90 Å². The van der Waals surface area contributed by atoms with Crippen LogP contribution in [0.3, 0.4) is 0 Å². The van der Waals surface area contributed by atoms with Crippen molar-refractivity contribution in [3.05, 3.63) is 6.33 Å². The first-order valence-corrected chi connectivity index (χ1v) is 8.42. The molecule has 1 aliphatic heterocycles. The Morgan fingerprint density at radius 2 is 2.05 bits per heavy atom. The highest BCUT2D eigenvalue weighted by Gasteiger charge is 2.28. The molecule has 1 aromatic heterocycles. The van der Waals surface area contributed by atoms with E-state index in [2.05, 4.69) is 28.6 Å². The van der Waals surface area contributed by atoms with Crippen LogP contribution in [-0.2, 0) is 4.79 Å². The lowest BCUT2D eigenvalue weighted by atomic mass is 9.92. The van der Waals surface area contributed by atoms with Gasteiger partial charge in [-0.15, -0.1) is 10.2 Å². The van der Waals surface area contributed by atoms with Gasteiger partial charge in [0.1, 0.15) is 6.33 Å². The second-order valence-corrected chi connectivity index (χ2v) is 7.23. The summed E-state index contributed by atoms with van der Waals surface area (Å²) in [5.74, 6) is 1.94. The quantitative estimate of drug-likeness (QED) is 0.799. The van der Waals surface area contributed by atoms with Crippen LogP contribution in [0, 0.1) is 11.8 Å². The first-order valence-electron chi connectivity index (χ1n) is 7.43. The highest BCUT2D eigenvalue weighted by Crippen LogP contribution is 2.37. The molecule has 0 N–H and O–H groups in total. The molecule has 3 rings (SSSR count). The third-order valence-corrected chi connectivity index (χ3v) is 4.97. The molecule has 2 atom stereocenters. The minimum Gasteiger partial charge on any atom is -0.341 e. The predicted octanol–water partition coefficient (Wildman–Crippen LogP) is 2.21. The van der Waals surface area contributed by atoms with Crippen molar-refractivity contribution >= 4 is 17.7 Å². The minimum atomic E-state index is 0.235.